The van der Waals surface area contributed by atoms with Crippen LogP contribution in [0.15, 0.2) is 30.3 Å². The van der Waals surface area contributed by atoms with E-state index in [1.807, 2.05) is 13.0 Å². The molecular formula is C15H19NO3. The predicted octanol–water partition coefficient (Wildman–Crippen LogP) is 2.55. The van der Waals surface area contributed by atoms with E-state index < -0.39 is 11.5 Å². The van der Waals surface area contributed by atoms with Crippen LogP contribution in [-0.2, 0) is 4.79 Å². The van der Waals surface area contributed by atoms with Gasteiger partial charge in [0.1, 0.15) is 5.54 Å². The number of hydrogen-bond acceptors (Lipinski definition) is 2. The molecule has 1 amide bonds. The van der Waals surface area contributed by atoms with Gasteiger partial charge in [-0.3, -0.25) is 4.79 Å². The molecule has 0 aromatic heterocycles. The Balaban J connectivity index is 2.35. The predicted molar refractivity (Wildman–Crippen MR) is 72.0 cm³/mol. The lowest BCUT2D eigenvalue weighted by Crippen LogP contribution is -2.59. The molecule has 1 aliphatic rings. The number of piperidine rings is 1. The average molecular weight is 261 g/mol. The highest BCUT2D eigenvalue weighted by atomic mass is 16.4. The van der Waals surface area contributed by atoms with E-state index in [1.54, 1.807) is 29.2 Å². The van der Waals surface area contributed by atoms with E-state index in [0.717, 1.165) is 12.8 Å². The number of rotatable bonds is 3. The molecule has 1 atom stereocenters. The van der Waals surface area contributed by atoms with Crippen molar-refractivity contribution in [3.63, 3.8) is 0 Å². The van der Waals surface area contributed by atoms with Gasteiger partial charge in [-0.25, -0.2) is 4.79 Å². The number of nitrogens with zero attached hydrogens (tertiary/aromatic N) is 1. The Kier molecular flexibility index (Phi) is 3.88. The quantitative estimate of drug-likeness (QED) is 0.909. The molecule has 0 radical (unpaired) electrons. The summed E-state index contributed by atoms with van der Waals surface area (Å²) in [4.78, 5) is 25.8. The molecule has 1 aliphatic heterocycles. The SMILES string of the molecule is CC[C@]1(C(=O)O)CCCCN1C(=O)c1ccccc1. The zero-order valence-corrected chi connectivity index (χ0v) is 11.1. The first-order valence-electron chi connectivity index (χ1n) is 6.72. The lowest BCUT2D eigenvalue weighted by molar-refractivity contribution is -0.152. The van der Waals surface area contributed by atoms with E-state index in [-0.39, 0.29) is 5.91 Å². The minimum atomic E-state index is -1.04. The summed E-state index contributed by atoms with van der Waals surface area (Å²) in [5.41, 5.74) is -0.478. The van der Waals surface area contributed by atoms with Crippen molar-refractivity contribution < 1.29 is 14.7 Å². The number of likely N-dealkylation sites (tertiary alicyclic amines) is 1. The number of carbonyl (C=O) groups is 2. The standard InChI is InChI=1S/C15H19NO3/c1-2-15(14(18)19)10-6-7-11-16(15)13(17)12-8-4-3-5-9-12/h3-5,8-9H,2,6-7,10-11H2,1H3,(H,18,19)/t15-/m1/s1. The summed E-state index contributed by atoms with van der Waals surface area (Å²) in [6.07, 6.45) is 2.71. The van der Waals surface area contributed by atoms with Crippen LogP contribution >= 0.6 is 0 Å². The number of benzene rings is 1. The molecule has 19 heavy (non-hydrogen) atoms. The molecule has 1 saturated heterocycles. The second kappa shape index (κ2) is 5.43. The third-order valence-electron chi connectivity index (χ3n) is 3.99. The Morgan fingerprint density at radius 2 is 1.95 bits per heavy atom. The normalized spacial score (nSPS) is 23.1. The molecule has 0 spiro atoms. The van der Waals surface area contributed by atoms with Gasteiger partial charge in [0.2, 0.25) is 0 Å². The number of carboxylic acid groups (broad SMARTS) is 1. The van der Waals surface area contributed by atoms with Gasteiger partial charge in [0.15, 0.2) is 0 Å². The van der Waals surface area contributed by atoms with Crippen molar-refractivity contribution in [2.24, 2.45) is 0 Å². The zero-order valence-electron chi connectivity index (χ0n) is 11.1. The molecule has 0 bridgehead atoms. The highest BCUT2D eigenvalue weighted by molar-refractivity contribution is 5.98. The average Bonchev–Trinajstić information content (AvgIpc) is 2.47. The molecule has 1 aromatic rings. The second-order valence-corrected chi connectivity index (χ2v) is 4.97. The van der Waals surface area contributed by atoms with E-state index in [4.69, 9.17) is 0 Å². The number of hydrogen-bond donors (Lipinski definition) is 1. The van der Waals surface area contributed by atoms with Gasteiger partial charge in [-0.1, -0.05) is 25.1 Å². The Bertz CT molecular complexity index is 472. The van der Waals surface area contributed by atoms with Crippen molar-refractivity contribution in [2.45, 2.75) is 38.1 Å². The van der Waals surface area contributed by atoms with Crippen molar-refractivity contribution in [1.82, 2.24) is 4.90 Å². The highest BCUT2D eigenvalue weighted by Gasteiger charge is 2.46. The van der Waals surface area contributed by atoms with Gasteiger partial charge in [-0.05, 0) is 37.8 Å². The summed E-state index contributed by atoms with van der Waals surface area (Å²) >= 11 is 0. The molecule has 1 N–H and O–H groups in total. The highest BCUT2D eigenvalue weighted by Crippen LogP contribution is 2.32. The van der Waals surface area contributed by atoms with E-state index in [2.05, 4.69) is 0 Å². The molecular weight excluding hydrogens is 242 g/mol. The maximum absolute atomic E-state index is 12.5. The Labute approximate surface area is 113 Å². The van der Waals surface area contributed by atoms with Crippen LogP contribution in [0.1, 0.15) is 43.0 Å². The topological polar surface area (TPSA) is 57.6 Å². The van der Waals surface area contributed by atoms with E-state index >= 15 is 0 Å². The van der Waals surface area contributed by atoms with E-state index in [9.17, 15) is 14.7 Å². The van der Waals surface area contributed by atoms with Crippen LogP contribution in [0.5, 0.6) is 0 Å². The molecule has 1 fully saturated rings. The maximum atomic E-state index is 12.5. The number of amides is 1. The summed E-state index contributed by atoms with van der Waals surface area (Å²) < 4.78 is 0. The van der Waals surface area contributed by atoms with Gasteiger partial charge in [0.05, 0.1) is 0 Å². The zero-order chi connectivity index (χ0) is 13.9. The van der Waals surface area contributed by atoms with Crippen molar-refractivity contribution in [2.75, 3.05) is 6.54 Å². The molecule has 102 valence electrons. The summed E-state index contributed by atoms with van der Waals surface area (Å²) in [6, 6.07) is 8.91. The smallest absolute Gasteiger partial charge is 0.329 e. The summed E-state index contributed by atoms with van der Waals surface area (Å²) in [5, 5.41) is 9.56. The van der Waals surface area contributed by atoms with Crippen LogP contribution in [-0.4, -0.2) is 34.0 Å². The second-order valence-electron chi connectivity index (χ2n) is 4.97. The molecule has 0 saturated carbocycles. The van der Waals surface area contributed by atoms with Gasteiger partial charge in [-0.2, -0.15) is 0 Å². The first-order chi connectivity index (χ1) is 9.12. The Hall–Kier alpha value is -1.84. The minimum absolute atomic E-state index is 0.176. The monoisotopic (exact) mass is 261 g/mol. The number of carboxylic acids is 1. The van der Waals surface area contributed by atoms with Gasteiger partial charge >= 0.3 is 5.97 Å². The fourth-order valence-corrected chi connectivity index (χ4v) is 2.81. The number of carbonyl (C=O) groups excluding carboxylic acids is 1. The van der Waals surface area contributed by atoms with Crippen molar-refractivity contribution >= 4 is 11.9 Å². The fraction of sp³-hybridized carbons (Fsp3) is 0.467. The third kappa shape index (κ3) is 2.35. The van der Waals surface area contributed by atoms with Crippen LogP contribution in [0.3, 0.4) is 0 Å². The van der Waals surface area contributed by atoms with Gasteiger partial charge < -0.3 is 10.0 Å². The van der Waals surface area contributed by atoms with E-state index in [0.29, 0.717) is 24.9 Å². The molecule has 1 aromatic carbocycles. The van der Waals surface area contributed by atoms with Crippen molar-refractivity contribution in [3.8, 4) is 0 Å². The summed E-state index contributed by atoms with van der Waals surface area (Å²) in [6.45, 7) is 2.36. The Morgan fingerprint density at radius 1 is 1.26 bits per heavy atom. The van der Waals surface area contributed by atoms with Crippen LogP contribution < -0.4 is 0 Å². The minimum Gasteiger partial charge on any atom is -0.479 e. The van der Waals surface area contributed by atoms with Gasteiger partial charge in [0.25, 0.3) is 5.91 Å². The van der Waals surface area contributed by atoms with Crippen LogP contribution in [0.2, 0.25) is 0 Å². The van der Waals surface area contributed by atoms with Crippen molar-refractivity contribution in [3.05, 3.63) is 35.9 Å². The molecule has 4 nitrogen and oxygen atoms in total. The number of aliphatic carboxylic acids is 1. The molecule has 0 unspecified atom stereocenters. The van der Waals surface area contributed by atoms with Crippen LogP contribution in [0, 0.1) is 0 Å². The van der Waals surface area contributed by atoms with Crippen molar-refractivity contribution in [1.29, 1.82) is 0 Å². The molecule has 0 aliphatic carbocycles. The molecule has 4 heteroatoms. The summed E-state index contributed by atoms with van der Waals surface area (Å²) in [7, 11) is 0. The maximum Gasteiger partial charge on any atom is 0.329 e. The molecule has 2 rings (SSSR count). The fourth-order valence-electron chi connectivity index (χ4n) is 2.81. The largest absolute Gasteiger partial charge is 0.479 e. The first-order valence-corrected chi connectivity index (χ1v) is 6.72. The van der Waals surface area contributed by atoms with Gasteiger partial charge in [-0.15, -0.1) is 0 Å². The first kappa shape index (κ1) is 13.6. The van der Waals surface area contributed by atoms with Crippen LogP contribution in [0.4, 0.5) is 0 Å². The van der Waals surface area contributed by atoms with Gasteiger partial charge in [0, 0.05) is 12.1 Å². The summed E-state index contributed by atoms with van der Waals surface area (Å²) in [5.74, 6) is -1.07. The lowest BCUT2D eigenvalue weighted by atomic mass is 9.83. The van der Waals surface area contributed by atoms with Crippen LogP contribution in [0.25, 0.3) is 0 Å². The molecule has 1 heterocycles. The van der Waals surface area contributed by atoms with E-state index in [1.165, 1.54) is 0 Å². The third-order valence-corrected chi connectivity index (χ3v) is 3.99. The Morgan fingerprint density at radius 3 is 2.53 bits per heavy atom. The lowest BCUT2D eigenvalue weighted by Gasteiger charge is -2.43.